The molecule has 0 aromatic heterocycles. The van der Waals surface area contributed by atoms with Crippen molar-refractivity contribution in [3.05, 3.63) is 71.3 Å². The van der Waals surface area contributed by atoms with Crippen LogP contribution in [0.5, 0.6) is 0 Å². The summed E-state index contributed by atoms with van der Waals surface area (Å²) in [5.41, 5.74) is 3.87. The van der Waals surface area contributed by atoms with Gasteiger partial charge in [0.15, 0.2) is 0 Å². The zero-order valence-corrected chi connectivity index (χ0v) is 16.8. The van der Waals surface area contributed by atoms with Gasteiger partial charge in [-0.15, -0.1) is 0 Å². The number of benzene rings is 2. The van der Waals surface area contributed by atoms with E-state index in [4.69, 9.17) is 9.47 Å². The molecule has 2 aromatic rings. The summed E-state index contributed by atoms with van der Waals surface area (Å²) in [6.45, 7) is 6.30. The molecule has 1 fully saturated rings. The van der Waals surface area contributed by atoms with E-state index in [0.717, 1.165) is 38.9 Å². The molecule has 0 amide bonds. The summed E-state index contributed by atoms with van der Waals surface area (Å²) in [7, 11) is 0. The van der Waals surface area contributed by atoms with Crippen LogP contribution in [0, 0.1) is 5.92 Å². The molecule has 2 aromatic carbocycles. The average molecular weight is 382 g/mol. The molecular weight excluding hydrogens is 350 g/mol. The van der Waals surface area contributed by atoms with Gasteiger partial charge in [0.1, 0.15) is 0 Å². The van der Waals surface area contributed by atoms with Crippen molar-refractivity contribution in [3.8, 4) is 0 Å². The van der Waals surface area contributed by atoms with Crippen molar-refractivity contribution >= 4 is 5.97 Å². The highest BCUT2D eigenvalue weighted by atomic mass is 16.5. The molecule has 1 saturated heterocycles. The Bertz CT molecular complexity index is 732. The van der Waals surface area contributed by atoms with Gasteiger partial charge in [-0.1, -0.05) is 54.6 Å². The normalized spacial score (nSPS) is 17.4. The molecule has 150 valence electrons. The third kappa shape index (κ3) is 6.18. The van der Waals surface area contributed by atoms with E-state index in [-0.39, 0.29) is 11.9 Å². The Morgan fingerprint density at radius 3 is 2.61 bits per heavy atom. The first kappa shape index (κ1) is 20.6. The monoisotopic (exact) mass is 381 g/mol. The fourth-order valence-corrected chi connectivity index (χ4v) is 3.77. The number of hydrogen-bond acceptors (Lipinski definition) is 4. The molecule has 1 aliphatic rings. The quantitative estimate of drug-likeness (QED) is 0.485. The number of carbonyl (C=O) groups is 1. The predicted octanol–water partition coefficient (Wildman–Crippen LogP) is 4.07. The summed E-state index contributed by atoms with van der Waals surface area (Å²) in [6, 6.07) is 19.0. The molecule has 0 bridgehead atoms. The maximum absolute atomic E-state index is 12.0. The second-order valence-corrected chi connectivity index (χ2v) is 7.38. The largest absolute Gasteiger partial charge is 0.466 e. The number of piperidine rings is 1. The Morgan fingerprint density at radius 2 is 1.82 bits per heavy atom. The Labute approximate surface area is 168 Å². The molecule has 0 aliphatic carbocycles. The van der Waals surface area contributed by atoms with Crippen molar-refractivity contribution in [2.75, 3.05) is 32.8 Å². The van der Waals surface area contributed by atoms with E-state index in [1.807, 2.05) is 13.0 Å². The minimum Gasteiger partial charge on any atom is -0.466 e. The van der Waals surface area contributed by atoms with E-state index < -0.39 is 0 Å². The van der Waals surface area contributed by atoms with E-state index in [9.17, 15) is 4.79 Å². The van der Waals surface area contributed by atoms with Crippen LogP contribution >= 0.6 is 0 Å². The van der Waals surface area contributed by atoms with Gasteiger partial charge < -0.3 is 14.4 Å². The Kier molecular flexibility index (Phi) is 8.07. The molecule has 1 heterocycles. The lowest BCUT2D eigenvalue weighted by atomic mass is 9.98. The highest BCUT2D eigenvalue weighted by Gasteiger charge is 2.26. The van der Waals surface area contributed by atoms with Gasteiger partial charge in [0.05, 0.1) is 25.7 Å². The fourth-order valence-electron chi connectivity index (χ4n) is 3.77. The number of rotatable bonds is 9. The van der Waals surface area contributed by atoms with Crippen molar-refractivity contribution in [1.82, 2.24) is 4.90 Å². The van der Waals surface area contributed by atoms with Crippen LogP contribution in [-0.4, -0.2) is 43.7 Å². The zero-order valence-electron chi connectivity index (χ0n) is 16.8. The first-order chi connectivity index (χ1) is 13.8. The third-order valence-corrected chi connectivity index (χ3v) is 5.29. The molecule has 0 radical (unpaired) electrons. The topological polar surface area (TPSA) is 38.8 Å². The first-order valence-electron chi connectivity index (χ1n) is 10.3. The van der Waals surface area contributed by atoms with Crippen LogP contribution in [0.1, 0.15) is 36.5 Å². The number of ether oxygens (including phenoxy) is 2. The molecular formula is C24H31NO3. The summed E-state index contributed by atoms with van der Waals surface area (Å²) in [5, 5.41) is 0. The summed E-state index contributed by atoms with van der Waals surface area (Å²) in [5.74, 6) is -0.0387. The lowest BCUT2D eigenvalue weighted by Crippen LogP contribution is -2.40. The number of carbonyl (C=O) groups excluding carboxylic acids is 1. The first-order valence-corrected chi connectivity index (χ1v) is 10.3. The molecule has 0 N–H and O–H groups in total. The fraction of sp³-hybridized carbons (Fsp3) is 0.458. The highest BCUT2D eigenvalue weighted by Crippen LogP contribution is 2.18. The zero-order chi connectivity index (χ0) is 19.6. The van der Waals surface area contributed by atoms with Crippen LogP contribution in [-0.2, 0) is 27.3 Å². The number of hydrogen-bond donors (Lipinski definition) is 0. The van der Waals surface area contributed by atoms with Gasteiger partial charge >= 0.3 is 5.97 Å². The van der Waals surface area contributed by atoms with Crippen LogP contribution in [0.4, 0.5) is 0 Å². The van der Waals surface area contributed by atoms with Crippen LogP contribution < -0.4 is 0 Å². The summed E-state index contributed by atoms with van der Waals surface area (Å²) < 4.78 is 11.2. The third-order valence-electron chi connectivity index (χ3n) is 5.29. The SMILES string of the molecule is CCOC(=O)[C@@H]1CCCN(CCOCc2ccccc2Cc2ccccc2)C1. The average Bonchev–Trinajstić information content (AvgIpc) is 2.73. The van der Waals surface area contributed by atoms with Crippen molar-refractivity contribution in [3.63, 3.8) is 0 Å². The summed E-state index contributed by atoms with van der Waals surface area (Å²) in [6.07, 6.45) is 2.90. The minimum atomic E-state index is -0.0528. The second-order valence-electron chi connectivity index (χ2n) is 7.38. The van der Waals surface area contributed by atoms with Gasteiger partial charge in [-0.05, 0) is 49.4 Å². The van der Waals surface area contributed by atoms with E-state index in [2.05, 4.69) is 53.4 Å². The Morgan fingerprint density at radius 1 is 1.07 bits per heavy atom. The number of likely N-dealkylation sites (tertiary alicyclic amines) is 1. The Balaban J connectivity index is 1.45. The van der Waals surface area contributed by atoms with Crippen molar-refractivity contribution in [2.45, 2.75) is 32.8 Å². The van der Waals surface area contributed by atoms with Crippen molar-refractivity contribution in [2.24, 2.45) is 5.92 Å². The molecule has 0 spiro atoms. The van der Waals surface area contributed by atoms with Crippen LogP contribution in [0.3, 0.4) is 0 Å². The van der Waals surface area contributed by atoms with E-state index >= 15 is 0 Å². The van der Waals surface area contributed by atoms with Crippen molar-refractivity contribution in [1.29, 1.82) is 0 Å². The molecule has 4 nitrogen and oxygen atoms in total. The maximum Gasteiger partial charge on any atom is 0.310 e. The maximum atomic E-state index is 12.0. The van der Waals surface area contributed by atoms with Gasteiger partial charge in [-0.25, -0.2) is 0 Å². The molecule has 1 aliphatic heterocycles. The Hall–Kier alpha value is -2.17. The smallest absolute Gasteiger partial charge is 0.310 e. The minimum absolute atomic E-state index is 0.0142. The van der Waals surface area contributed by atoms with Gasteiger partial charge in [-0.2, -0.15) is 0 Å². The molecule has 0 saturated carbocycles. The van der Waals surface area contributed by atoms with E-state index in [1.54, 1.807) is 0 Å². The number of esters is 1. The molecule has 1 atom stereocenters. The van der Waals surface area contributed by atoms with Gasteiger partial charge in [0.25, 0.3) is 0 Å². The van der Waals surface area contributed by atoms with Crippen LogP contribution in [0.25, 0.3) is 0 Å². The molecule has 0 unspecified atom stereocenters. The summed E-state index contributed by atoms with van der Waals surface area (Å²) in [4.78, 5) is 14.3. The molecule has 3 rings (SSSR count). The summed E-state index contributed by atoms with van der Waals surface area (Å²) >= 11 is 0. The standard InChI is InChI=1S/C24H31NO3/c1-2-28-24(26)22-13-8-14-25(18-22)15-16-27-19-23-12-7-6-11-21(23)17-20-9-4-3-5-10-20/h3-7,9-12,22H,2,8,13-19H2,1H3/t22-/m1/s1. The predicted molar refractivity (Wildman–Crippen MR) is 111 cm³/mol. The number of nitrogens with zero attached hydrogens (tertiary/aromatic N) is 1. The molecule has 4 heteroatoms. The lowest BCUT2D eigenvalue weighted by molar-refractivity contribution is -0.150. The van der Waals surface area contributed by atoms with Gasteiger partial charge in [0, 0.05) is 13.1 Å². The molecule has 28 heavy (non-hydrogen) atoms. The van der Waals surface area contributed by atoms with Gasteiger partial charge in [0.2, 0.25) is 0 Å². The van der Waals surface area contributed by atoms with Gasteiger partial charge in [-0.3, -0.25) is 4.79 Å². The van der Waals surface area contributed by atoms with Crippen LogP contribution in [0.2, 0.25) is 0 Å². The van der Waals surface area contributed by atoms with E-state index in [0.29, 0.717) is 19.8 Å². The highest BCUT2D eigenvalue weighted by molar-refractivity contribution is 5.72. The second kappa shape index (κ2) is 11.0. The van der Waals surface area contributed by atoms with Crippen LogP contribution in [0.15, 0.2) is 54.6 Å². The lowest BCUT2D eigenvalue weighted by Gasteiger charge is -2.31. The van der Waals surface area contributed by atoms with E-state index in [1.165, 1.54) is 16.7 Å². The van der Waals surface area contributed by atoms with Crippen molar-refractivity contribution < 1.29 is 14.3 Å².